The molecule has 9 unspecified atom stereocenters. The molecule has 0 aromatic heterocycles. The second kappa shape index (κ2) is 16.4. The first kappa shape index (κ1) is 31.6. The highest BCUT2D eigenvalue weighted by Gasteiger charge is 2.37. The highest BCUT2D eigenvalue weighted by atomic mass is 19.1. The number of aliphatic hydroxyl groups is 1. The van der Waals surface area contributed by atoms with Crippen molar-refractivity contribution in [3.8, 4) is 0 Å². The fourth-order valence-corrected chi connectivity index (χ4v) is 3.97. The van der Waals surface area contributed by atoms with Gasteiger partial charge in [0.05, 0.1) is 30.5 Å². The summed E-state index contributed by atoms with van der Waals surface area (Å²) < 4.78 is 31.0. The number of hydrogen-bond acceptors (Lipinski definition) is 10. The molecule has 35 heavy (non-hydrogen) atoms. The average molecular weight is 506 g/mol. The molecule has 0 radical (unpaired) electrons. The molecule has 9 atom stereocenters. The van der Waals surface area contributed by atoms with Crippen LogP contribution in [0.3, 0.4) is 0 Å². The fraction of sp³-hybridized carbons (Fsp3) is 0.870. The molecule has 1 rings (SSSR count). The Morgan fingerprint density at radius 1 is 1.31 bits per heavy atom. The van der Waals surface area contributed by atoms with E-state index in [0.29, 0.717) is 18.7 Å². The van der Waals surface area contributed by atoms with Gasteiger partial charge in [0.2, 0.25) is 0 Å². The monoisotopic (exact) mass is 505 g/mol. The zero-order chi connectivity index (χ0) is 26.5. The van der Waals surface area contributed by atoms with E-state index in [2.05, 4.69) is 10.6 Å². The number of amidine groups is 1. The maximum atomic E-state index is 12.4. The minimum atomic E-state index is -1.10. The van der Waals surface area contributed by atoms with Crippen LogP contribution < -0.4 is 33.6 Å². The molecule has 0 aliphatic carbocycles. The van der Waals surface area contributed by atoms with Crippen molar-refractivity contribution in [2.75, 3.05) is 32.9 Å². The number of ether oxygens (including phenoxy) is 3. The average Bonchev–Trinajstić information content (AvgIpc) is 2.80. The van der Waals surface area contributed by atoms with E-state index >= 15 is 0 Å². The Bertz CT molecular complexity index is 641. The Balaban J connectivity index is 2.95. The smallest absolute Gasteiger partial charge is 0.173 e. The number of nitrogens with two attached hydrogens (primary N) is 4. The van der Waals surface area contributed by atoms with Crippen LogP contribution in [-0.2, 0) is 14.2 Å². The second-order valence-corrected chi connectivity index (χ2v) is 9.39. The Hall–Kier alpha value is -1.38. The molecule has 0 bridgehead atoms. The molecule has 1 saturated heterocycles. The van der Waals surface area contributed by atoms with Gasteiger partial charge in [-0.3, -0.25) is 5.41 Å². The van der Waals surface area contributed by atoms with E-state index in [-0.39, 0.29) is 55.7 Å². The van der Waals surface area contributed by atoms with Crippen LogP contribution in [0.2, 0.25) is 0 Å². The van der Waals surface area contributed by atoms with Crippen LogP contribution in [0, 0.1) is 11.3 Å². The summed E-state index contributed by atoms with van der Waals surface area (Å²) in [6.07, 6.45) is 0.283. The second-order valence-electron chi connectivity index (χ2n) is 9.39. The summed E-state index contributed by atoms with van der Waals surface area (Å²) >= 11 is 0. The number of alkyl halides is 1. The summed E-state index contributed by atoms with van der Waals surface area (Å²) in [5.41, 5.74) is 24.7. The van der Waals surface area contributed by atoms with Crippen molar-refractivity contribution in [3.63, 3.8) is 0 Å². The molecule has 1 aliphatic heterocycles. The maximum absolute atomic E-state index is 12.4. The lowest BCUT2D eigenvalue weighted by Gasteiger charge is -2.41. The molecule has 1 aliphatic rings. The first-order chi connectivity index (χ1) is 16.5. The first-order valence-corrected chi connectivity index (χ1v) is 12.4. The van der Waals surface area contributed by atoms with Crippen molar-refractivity contribution in [3.05, 3.63) is 11.8 Å². The van der Waals surface area contributed by atoms with Gasteiger partial charge in [-0.2, -0.15) is 0 Å². The van der Waals surface area contributed by atoms with Gasteiger partial charge in [0, 0.05) is 43.8 Å². The Morgan fingerprint density at radius 3 is 2.60 bits per heavy atom. The molecule has 11 nitrogen and oxygen atoms in total. The lowest BCUT2D eigenvalue weighted by atomic mass is 9.92. The summed E-state index contributed by atoms with van der Waals surface area (Å²) in [5, 5.41) is 23.5. The molecule has 0 amide bonds. The number of nitrogens with one attached hydrogen (secondary N) is 3. The van der Waals surface area contributed by atoms with Crippen LogP contribution in [0.1, 0.15) is 40.5 Å². The molecule has 12 N–H and O–H groups in total. The Labute approximate surface area is 209 Å². The summed E-state index contributed by atoms with van der Waals surface area (Å²) in [6.45, 7) is 8.01. The van der Waals surface area contributed by atoms with Crippen molar-refractivity contribution in [2.24, 2.45) is 28.9 Å². The normalized spacial score (nSPS) is 26.4. The van der Waals surface area contributed by atoms with Crippen molar-refractivity contribution in [1.82, 2.24) is 10.6 Å². The highest BCUT2D eigenvalue weighted by Crippen LogP contribution is 2.26. The number of halogens is 1. The zero-order valence-electron chi connectivity index (χ0n) is 21.6. The molecule has 0 aromatic rings. The molecule has 1 fully saturated rings. The minimum Gasteiger partial charge on any atom is -0.402 e. The number of allylic oxidation sites excluding steroid dienone is 1. The van der Waals surface area contributed by atoms with Crippen LogP contribution in [0.4, 0.5) is 4.39 Å². The molecule has 0 spiro atoms. The summed E-state index contributed by atoms with van der Waals surface area (Å²) in [7, 11) is 0. The third-order valence-corrected chi connectivity index (χ3v) is 6.12. The van der Waals surface area contributed by atoms with Crippen LogP contribution >= 0.6 is 0 Å². The van der Waals surface area contributed by atoms with Crippen molar-refractivity contribution < 1.29 is 23.7 Å². The number of hydrogen-bond donors (Lipinski definition) is 8. The summed E-state index contributed by atoms with van der Waals surface area (Å²) in [5.74, 6) is -0.296. The van der Waals surface area contributed by atoms with Gasteiger partial charge < -0.3 is 52.9 Å². The van der Waals surface area contributed by atoms with Gasteiger partial charge in [0.25, 0.3) is 0 Å². The topological polar surface area (TPSA) is 200 Å². The van der Waals surface area contributed by atoms with E-state index in [1.54, 1.807) is 6.92 Å². The van der Waals surface area contributed by atoms with Crippen LogP contribution in [0.5, 0.6) is 0 Å². The largest absolute Gasteiger partial charge is 0.402 e. The molecule has 0 saturated carbocycles. The van der Waals surface area contributed by atoms with E-state index in [4.69, 9.17) is 42.6 Å². The molecule has 206 valence electrons. The van der Waals surface area contributed by atoms with Crippen LogP contribution in [-0.4, -0.2) is 92.7 Å². The number of rotatable bonds is 16. The van der Waals surface area contributed by atoms with E-state index in [1.807, 2.05) is 26.8 Å². The van der Waals surface area contributed by atoms with Gasteiger partial charge in [-0.15, -0.1) is 0 Å². The molecule has 1 heterocycles. The predicted octanol–water partition coefficient (Wildman–Crippen LogP) is -0.731. The Morgan fingerprint density at radius 2 is 2.00 bits per heavy atom. The minimum absolute atomic E-state index is 0.0726. The zero-order valence-corrected chi connectivity index (χ0v) is 21.6. The molecule has 12 heteroatoms. The quantitative estimate of drug-likeness (QED) is 0.0751. The van der Waals surface area contributed by atoms with Crippen molar-refractivity contribution in [1.29, 1.82) is 5.41 Å². The van der Waals surface area contributed by atoms with E-state index in [1.165, 1.54) is 0 Å². The van der Waals surface area contributed by atoms with E-state index in [9.17, 15) is 9.50 Å². The van der Waals surface area contributed by atoms with Crippen molar-refractivity contribution >= 4 is 5.84 Å². The highest BCUT2D eigenvalue weighted by molar-refractivity contribution is 5.83. The van der Waals surface area contributed by atoms with Crippen molar-refractivity contribution in [2.45, 2.75) is 89.4 Å². The third-order valence-electron chi connectivity index (χ3n) is 6.12. The van der Waals surface area contributed by atoms with Gasteiger partial charge in [-0.25, -0.2) is 4.39 Å². The molecule has 0 aromatic carbocycles. The van der Waals surface area contributed by atoms with Crippen LogP contribution in [0.25, 0.3) is 0 Å². The van der Waals surface area contributed by atoms with Gasteiger partial charge >= 0.3 is 0 Å². The van der Waals surface area contributed by atoms with Gasteiger partial charge in [-0.05, 0) is 39.7 Å². The lowest BCUT2D eigenvalue weighted by Crippen LogP contribution is -2.57. The lowest BCUT2D eigenvalue weighted by molar-refractivity contribution is -0.238. The predicted molar refractivity (Wildman–Crippen MR) is 135 cm³/mol. The summed E-state index contributed by atoms with van der Waals surface area (Å²) in [6, 6.07) is -0.929. The SMILES string of the molecule is C/C(N)=C/C(C)OC(C)C(C)C(OC1OC(CNCCF)CCC1N)C(N)CNC(=N)C(O)CN. The molecular weight excluding hydrogens is 457 g/mol. The van der Waals surface area contributed by atoms with E-state index < -0.39 is 31.2 Å². The molecular formula is C23H48FN7O4. The number of aliphatic hydroxyl groups excluding tert-OH is 1. The Kier molecular flexibility index (Phi) is 14.8. The maximum Gasteiger partial charge on any atom is 0.173 e. The van der Waals surface area contributed by atoms with Gasteiger partial charge in [0.15, 0.2) is 6.29 Å². The standard InChI is InChI=1S/C23H48FN7O4/c1-13(26)9-14(2)33-16(4)15(3)21(19(28)12-31-22(29)20(32)10-25)35-23-18(27)6-5-17(34-23)11-30-8-7-24/h9,14-21,23,30,32H,5-8,10-12,25-28H2,1-4H3,(H2,29,31)/b13-9-. The fourth-order valence-electron chi connectivity index (χ4n) is 3.97. The van der Waals surface area contributed by atoms with Gasteiger partial charge in [-0.1, -0.05) is 6.92 Å². The van der Waals surface area contributed by atoms with Gasteiger partial charge in [0.1, 0.15) is 18.6 Å². The van der Waals surface area contributed by atoms with E-state index in [0.717, 1.165) is 6.42 Å². The third kappa shape index (κ3) is 11.5. The van der Waals surface area contributed by atoms with Crippen LogP contribution in [0.15, 0.2) is 11.8 Å². The summed E-state index contributed by atoms with van der Waals surface area (Å²) in [4.78, 5) is 0. The first-order valence-electron chi connectivity index (χ1n) is 12.4.